The minimum absolute atomic E-state index is 0.277. The number of nitrogens with zero attached hydrogens (tertiary/aromatic N) is 1. The minimum Gasteiger partial charge on any atom is -0.478 e. The Morgan fingerprint density at radius 2 is 1.45 bits per heavy atom. The predicted octanol–water partition coefficient (Wildman–Crippen LogP) is 4.31. The van der Waals surface area contributed by atoms with Crippen LogP contribution >= 0.6 is 0 Å². The number of fused-ring (bicyclic) bond motifs is 1. The van der Waals surface area contributed by atoms with Gasteiger partial charge in [-0.3, -0.25) is 0 Å². The Labute approximate surface area is 175 Å². The smallest absolute Gasteiger partial charge is 0.460 e. The number of benzene rings is 1. The summed E-state index contributed by atoms with van der Waals surface area (Å²) in [6.45, 7) is 0.975. The molecule has 0 fully saturated rings. The molecule has 1 heterocycles. The van der Waals surface area contributed by atoms with E-state index >= 15 is 0 Å². The van der Waals surface area contributed by atoms with Crippen molar-refractivity contribution in [3.63, 3.8) is 0 Å². The summed E-state index contributed by atoms with van der Waals surface area (Å²) in [7, 11) is -7.27. The Bertz CT molecular complexity index is 1250. The van der Waals surface area contributed by atoms with E-state index in [2.05, 4.69) is 4.18 Å². The van der Waals surface area contributed by atoms with E-state index in [0.717, 1.165) is 6.92 Å². The van der Waals surface area contributed by atoms with Crippen LogP contribution in [0.3, 0.4) is 0 Å². The fourth-order valence-corrected chi connectivity index (χ4v) is 3.57. The van der Waals surface area contributed by atoms with Crippen molar-refractivity contribution >= 4 is 33.1 Å². The zero-order chi connectivity index (χ0) is 25.9. The van der Waals surface area contributed by atoms with Gasteiger partial charge in [0.2, 0.25) is 0 Å². The van der Waals surface area contributed by atoms with Gasteiger partial charge in [0.25, 0.3) is 0 Å². The SMILES string of the molecule is Cc1c(C(=O)O)c2cc(OS(=O)(=O)C(F)(F)C(F)(F)C(F)(F)C(F)(F)F)ccc2n1C(=O)O. The van der Waals surface area contributed by atoms with Crippen molar-refractivity contribution in [3.05, 3.63) is 29.5 Å². The molecule has 0 aliphatic carbocycles. The lowest BCUT2D eigenvalue weighted by Crippen LogP contribution is -2.63. The minimum atomic E-state index is -7.53. The van der Waals surface area contributed by atoms with Crippen LogP contribution in [0.5, 0.6) is 5.75 Å². The molecule has 0 saturated heterocycles. The van der Waals surface area contributed by atoms with E-state index in [1.165, 1.54) is 0 Å². The molecule has 2 N–H and O–H groups in total. The molecular weight excluding hydrogens is 509 g/mol. The van der Waals surface area contributed by atoms with Gasteiger partial charge in [-0.15, -0.1) is 0 Å². The largest absolute Gasteiger partial charge is 0.478 e. The van der Waals surface area contributed by atoms with Gasteiger partial charge in [-0.25, -0.2) is 14.2 Å². The van der Waals surface area contributed by atoms with Crippen LogP contribution in [-0.4, -0.2) is 58.5 Å². The van der Waals surface area contributed by atoms with Crippen molar-refractivity contribution in [2.45, 2.75) is 30.2 Å². The van der Waals surface area contributed by atoms with Crippen molar-refractivity contribution in [1.82, 2.24) is 4.57 Å². The number of aromatic nitrogens is 1. The van der Waals surface area contributed by atoms with Gasteiger partial charge in [0.05, 0.1) is 11.1 Å². The van der Waals surface area contributed by atoms with E-state index in [1.54, 1.807) is 0 Å². The van der Waals surface area contributed by atoms with Crippen molar-refractivity contribution in [3.8, 4) is 5.75 Å². The number of carboxylic acid groups (broad SMARTS) is 2. The second-order valence-electron chi connectivity index (χ2n) is 6.26. The van der Waals surface area contributed by atoms with Gasteiger partial charge in [-0.2, -0.15) is 47.9 Å². The van der Waals surface area contributed by atoms with Gasteiger partial charge in [-0.05, 0) is 25.1 Å². The molecule has 184 valence electrons. The van der Waals surface area contributed by atoms with Gasteiger partial charge in [0, 0.05) is 11.1 Å². The van der Waals surface area contributed by atoms with E-state index in [0.29, 0.717) is 16.7 Å². The molecule has 0 amide bonds. The maximum Gasteiger partial charge on any atom is 0.460 e. The van der Waals surface area contributed by atoms with Gasteiger partial charge in [0.1, 0.15) is 5.75 Å². The quantitative estimate of drug-likeness (QED) is 0.433. The number of hydrogen-bond acceptors (Lipinski definition) is 5. The van der Waals surface area contributed by atoms with Crippen molar-refractivity contribution < 1.29 is 71.9 Å². The van der Waals surface area contributed by atoms with Crippen LogP contribution in [0.2, 0.25) is 0 Å². The van der Waals surface area contributed by atoms with Crippen LogP contribution in [0.25, 0.3) is 10.9 Å². The Hall–Kier alpha value is -3.18. The molecule has 0 radical (unpaired) electrons. The van der Waals surface area contributed by atoms with Crippen LogP contribution in [0, 0.1) is 6.92 Å². The van der Waals surface area contributed by atoms with Crippen molar-refractivity contribution in [2.24, 2.45) is 0 Å². The lowest BCUT2D eigenvalue weighted by Gasteiger charge is -2.32. The predicted molar refractivity (Wildman–Crippen MR) is 87.5 cm³/mol. The highest BCUT2D eigenvalue weighted by Gasteiger charge is 2.86. The van der Waals surface area contributed by atoms with Crippen LogP contribution in [0.15, 0.2) is 18.2 Å². The zero-order valence-electron chi connectivity index (χ0n) is 15.4. The topological polar surface area (TPSA) is 123 Å². The third-order valence-electron chi connectivity index (χ3n) is 4.22. The molecule has 0 spiro atoms. The third-order valence-corrected chi connectivity index (χ3v) is 5.51. The summed E-state index contributed by atoms with van der Waals surface area (Å²) in [5.74, 6) is -18.3. The van der Waals surface area contributed by atoms with Crippen molar-refractivity contribution in [1.29, 1.82) is 0 Å². The molecule has 18 heteroatoms. The van der Waals surface area contributed by atoms with E-state index in [4.69, 9.17) is 5.11 Å². The number of rotatable bonds is 6. The highest BCUT2D eigenvalue weighted by Crippen LogP contribution is 2.55. The highest BCUT2D eigenvalue weighted by molar-refractivity contribution is 7.88. The number of halogens is 9. The fraction of sp³-hybridized carbons (Fsp3) is 0.333. The molecule has 33 heavy (non-hydrogen) atoms. The molecule has 1 aromatic carbocycles. The van der Waals surface area contributed by atoms with Crippen LogP contribution in [0.4, 0.5) is 44.3 Å². The van der Waals surface area contributed by atoms with Gasteiger partial charge >= 0.3 is 45.5 Å². The molecule has 1 aromatic heterocycles. The van der Waals surface area contributed by atoms with Crippen LogP contribution in [0.1, 0.15) is 16.1 Å². The summed E-state index contributed by atoms with van der Waals surface area (Å²) in [5.41, 5.74) is -1.76. The zero-order valence-corrected chi connectivity index (χ0v) is 16.2. The van der Waals surface area contributed by atoms with Crippen LogP contribution < -0.4 is 4.18 Å². The maximum atomic E-state index is 13.8. The molecule has 2 aromatic rings. The highest BCUT2D eigenvalue weighted by atomic mass is 32.2. The number of aromatic carboxylic acids is 1. The lowest BCUT2D eigenvalue weighted by atomic mass is 10.1. The Kier molecular flexibility index (Phi) is 5.86. The number of carboxylic acids is 1. The average Bonchev–Trinajstić information content (AvgIpc) is 2.91. The lowest BCUT2D eigenvalue weighted by molar-refractivity contribution is -0.382. The summed E-state index contributed by atoms with van der Waals surface area (Å²) in [5, 5.41) is 10.6. The van der Waals surface area contributed by atoms with Crippen LogP contribution in [-0.2, 0) is 10.1 Å². The first kappa shape index (κ1) is 26.1. The molecule has 2 rings (SSSR count). The first-order chi connectivity index (χ1) is 14.6. The second-order valence-corrected chi connectivity index (χ2v) is 7.85. The standard InChI is InChI=1S/C15H8F9NO7S/c1-5-9(10(26)27)7-4-6(2-3-8(7)25(5)11(28)29)32-33(30,31)15(23,24)13(18,19)12(16,17)14(20,21)22/h2-4H,1H3,(H,26,27)(H,28,29). The molecule has 0 aliphatic heterocycles. The first-order valence-corrected chi connectivity index (χ1v) is 9.28. The molecule has 0 atom stereocenters. The molecule has 0 saturated carbocycles. The maximum absolute atomic E-state index is 13.8. The summed E-state index contributed by atoms with van der Waals surface area (Å²) < 4.78 is 144. The normalized spacial score (nSPS) is 13.9. The summed E-state index contributed by atoms with van der Waals surface area (Å²) in [6, 6.07) is 1.22. The van der Waals surface area contributed by atoms with E-state index in [9.17, 15) is 62.6 Å². The van der Waals surface area contributed by atoms with E-state index in [-0.39, 0.29) is 6.07 Å². The second kappa shape index (κ2) is 7.42. The molecule has 0 aliphatic rings. The van der Waals surface area contributed by atoms with Gasteiger partial charge in [0.15, 0.2) is 0 Å². The Balaban J connectivity index is 2.64. The first-order valence-electron chi connectivity index (χ1n) is 7.87. The number of alkyl halides is 9. The Morgan fingerprint density at radius 1 is 0.939 bits per heavy atom. The number of hydrogen-bond donors (Lipinski definition) is 2. The molecule has 0 bridgehead atoms. The summed E-state index contributed by atoms with van der Waals surface area (Å²) >= 11 is 0. The fourth-order valence-electron chi connectivity index (χ4n) is 2.66. The molecule has 8 nitrogen and oxygen atoms in total. The third kappa shape index (κ3) is 3.70. The molecule has 0 unspecified atom stereocenters. The van der Waals surface area contributed by atoms with Gasteiger partial charge in [-0.1, -0.05) is 0 Å². The molecular formula is C15H8F9NO7S. The Morgan fingerprint density at radius 3 is 1.88 bits per heavy atom. The van der Waals surface area contributed by atoms with Gasteiger partial charge < -0.3 is 14.4 Å². The van der Waals surface area contributed by atoms with E-state index < -0.39 is 73.4 Å². The summed E-state index contributed by atoms with van der Waals surface area (Å²) in [6.07, 6.45) is -9.02. The van der Waals surface area contributed by atoms with Crippen molar-refractivity contribution in [2.75, 3.05) is 0 Å². The monoisotopic (exact) mass is 517 g/mol. The number of carbonyl (C=O) groups is 2. The average molecular weight is 517 g/mol. The van der Waals surface area contributed by atoms with E-state index in [1.807, 2.05) is 0 Å². The summed E-state index contributed by atoms with van der Waals surface area (Å²) in [4.78, 5) is 22.7.